The van der Waals surface area contributed by atoms with Crippen LogP contribution in [-0.4, -0.2) is 24.5 Å². The van der Waals surface area contributed by atoms with E-state index in [1.807, 2.05) is 0 Å². The third kappa shape index (κ3) is 4.38. The summed E-state index contributed by atoms with van der Waals surface area (Å²) in [5.74, 6) is 0. The van der Waals surface area contributed by atoms with Crippen molar-refractivity contribution >= 4 is 18.5 Å². The normalized spacial score (nSPS) is 17.2. The summed E-state index contributed by atoms with van der Waals surface area (Å²) >= 11 is 0. The molecule has 88 valence electrons. The predicted molar refractivity (Wildman–Crippen MR) is 73.0 cm³/mol. The molecule has 1 aromatic carbocycles. The molecular weight excluding hydrogens is 218 g/mol. The molecule has 1 aliphatic heterocycles. The van der Waals surface area contributed by atoms with Crippen molar-refractivity contribution in [2.75, 3.05) is 19.6 Å². The molecule has 16 heavy (non-hydrogen) atoms. The average Bonchev–Trinajstić information content (AvgIpc) is 2.32. The maximum absolute atomic E-state index is 2.53. The van der Waals surface area contributed by atoms with Crippen LogP contribution in [0.5, 0.6) is 0 Å². The molecule has 1 fully saturated rings. The molecule has 2 heteroatoms. The summed E-state index contributed by atoms with van der Waals surface area (Å²) in [6, 6.07) is 10.5. The fraction of sp³-hybridized carbons (Fsp3) is 0.429. The van der Waals surface area contributed by atoms with Crippen molar-refractivity contribution in [3.63, 3.8) is 0 Å². The van der Waals surface area contributed by atoms with E-state index in [0.717, 1.165) is 6.54 Å². The third-order valence-electron chi connectivity index (χ3n) is 2.92. The van der Waals surface area contributed by atoms with Crippen molar-refractivity contribution in [1.82, 2.24) is 4.90 Å². The molecule has 1 aliphatic rings. The van der Waals surface area contributed by atoms with Gasteiger partial charge in [-0.25, -0.2) is 0 Å². The van der Waals surface area contributed by atoms with E-state index in [2.05, 4.69) is 47.4 Å². The first-order valence-electron chi connectivity index (χ1n) is 5.89. The summed E-state index contributed by atoms with van der Waals surface area (Å²) in [7, 11) is 0. The SMILES string of the molecule is C(=Cc1ccccc1)CN1CCCCC1.Cl. The van der Waals surface area contributed by atoms with Crippen LogP contribution in [0, 0.1) is 0 Å². The van der Waals surface area contributed by atoms with Gasteiger partial charge in [0.25, 0.3) is 0 Å². The Balaban J connectivity index is 0.00000128. The largest absolute Gasteiger partial charge is 0.300 e. The lowest BCUT2D eigenvalue weighted by atomic mass is 10.1. The quantitative estimate of drug-likeness (QED) is 0.777. The summed E-state index contributed by atoms with van der Waals surface area (Å²) in [5, 5.41) is 0. The lowest BCUT2D eigenvalue weighted by molar-refractivity contribution is 0.252. The molecule has 0 spiro atoms. The van der Waals surface area contributed by atoms with Crippen LogP contribution in [0.4, 0.5) is 0 Å². The van der Waals surface area contributed by atoms with E-state index in [1.165, 1.54) is 37.9 Å². The summed E-state index contributed by atoms with van der Waals surface area (Å²) < 4.78 is 0. The first kappa shape index (κ1) is 13.3. The number of likely N-dealkylation sites (tertiary alicyclic amines) is 1. The van der Waals surface area contributed by atoms with Crippen molar-refractivity contribution in [2.24, 2.45) is 0 Å². The molecule has 0 radical (unpaired) electrons. The second-order valence-corrected chi connectivity index (χ2v) is 4.17. The zero-order valence-corrected chi connectivity index (χ0v) is 10.5. The Morgan fingerprint density at radius 1 is 1.00 bits per heavy atom. The van der Waals surface area contributed by atoms with Gasteiger partial charge in [0.1, 0.15) is 0 Å². The minimum Gasteiger partial charge on any atom is -0.300 e. The van der Waals surface area contributed by atoms with Gasteiger partial charge in [0.05, 0.1) is 0 Å². The molecule has 1 aromatic rings. The molecule has 0 amide bonds. The highest BCUT2D eigenvalue weighted by Gasteiger charge is 2.06. The molecule has 0 aromatic heterocycles. The van der Waals surface area contributed by atoms with Crippen molar-refractivity contribution in [3.05, 3.63) is 42.0 Å². The first-order valence-corrected chi connectivity index (χ1v) is 5.89. The van der Waals surface area contributed by atoms with Crippen LogP contribution in [-0.2, 0) is 0 Å². The minimum absolute atomic E-state index is 0. The molecule has 2 rings (SSSR count). The monoisotopic (exact) mass is 237 g/mol. The van der Waals surface area contributed by atoms with E-state index in [1.54, 1.807) is 0 Å². The highest BCUT2D eigenvalue weighted by atomic mass is 35.5. The van der Waals surface area contributed by atoms with Crippen molar-refractivity contribution in [2.45, 2.75) is 19.3 Å². The van der Waals surface area contributed by atoms with Crippen LogP contribution in [0.1, 0.15) is 24.8 Å². The molecule has 1 saturated heterocycles. The fourth-order valence-electron chi connectivity index (χ4n) is 2.04. The van der Waals surface area contributed by atoms with E-state index in [9.17, 15) is 0 Å². The van der Waals surface area contributed by atoms with Gasteiger partial charge in [0.15, 0.2) is 0 Å². The van der Waals surface area contributed by atoms with Gasteiger partial charge in [-0.05, 0) is 31.5 Å². The second kappa shape index (κ2) is 7.48. The number of hydrogen-bond donors (Lipinski definition) is 0. The maximum Gasteiger partial charge on any atom is 0.0166 e. The number of hydrogen-bond acceptors (Lipinski definition) is 1. The Morgan fingerprint density at radius 3 is 2.38 bits per heavy atom. The first-order chi connectivity index (χ1) is 7.45. The van der Waals surface area contributed by atoms with Crippen molar-refractivity contribution < 1.29 is 0 Å². The zero-order chi connectivity index (χ0) is 10.3. The fourth-order valence-corrected chi connectivity index (χ4v) is 2.04. The molecule has 1 nitrogen and oxygen atoms in total. The average molecular weight is 238 g/mol. The van der Waals surface area contributed by atoms with Gasteiger partial charge in [0.2, 0.25) is 0 Å². The Bertz CT molecular complexity index is 302. The Kier molecular flexibility index (Phi) is 6.20. The van der Waals surface area contributed by atoms with E-state index < -0.39 is 0 Å². The van der Waals surface area contributed by atoms with Crippen LogP contribution in [0.25, 0.3) is 6.08 Å². The smallest absolute Gasteiger partial charge is 0.0166 e. The highest BCUT2D eigenvalue weighted by Crippen LogP contribution is 2.08. The lowest BCUT2D eigenvalue weighted by Crippen LogP contribution is -2.29. The van der Waals surface area contributed by atoms with E-state index >= 15 is 0 Å². The van der Waals surface area contributed by atoms with Crippen LogP contribution in [0.2, 0.25) is 0 Å². The number of halogens is 1. The molecule has 0 saturated carbocycles. The van der Waals surface area contributed by atoms with Crippen LogP contribution < -0.4 is 0 Å². The van der Waals surface area contributed by atoms with E-state index in [-0.39, 0.29) is 12.4 Å². The van der Waals surface area contributed by atoms with Crippen LogP contribution >= 0.6 is 12.4 Å². The van der Waals surface area contributed by atoms with Gasteiger partial charge in [-0.1, -0.05) is 48.9 Å². The van der Waals surface area contributed by atoms with Gasteiger partial charge < -0.3 is 0 Å². The standard InChI is InChI=1S/C14H19N.ClH/c1-3-8-14(9-4-1)10-7-13-15-11-5-2-6-12-15;/h1,3-4,7-10H,2,5-6,11-13H2;1H. The van der Waals surface area contributed by atoms with Crippen molar-refractivity contribution in [3.8, 4) is 0 Å². The maximum atomic E-state index is 2.53. The molecular formula is C14H20ClN. The summed E-state index contributed by atoms with van der Waals surface area (Å²) in [6.07, 6.45) is 8.66. The molecule has 0 N–H and O–H groups in total. The van der Waals surface area contributed by atoms with Crippen LogP contribution in [0.3, 0.4) is 0 Å². The topological polar surface area (TPSA) is 3.24 Å². The molecule has 0 unspecified atom stereocenters. The second-order valence-electron chi connectivity index (χ2n) is 4.17. The van der Waals surface area contributed by atoms with E-state index in [0.29, 0.717) is 0 Å². The Morgan fingerprint density at radius 2 is 1.69 bits per heavy atom. The summed E-state index contributed by atoms with van der Waals surface area (Å²) in [4.78, 5) is 2.53. The number of benzene rings is 1. The third-order valence-corrected chi connectivity index (χ3v) is 2.92. The molecule has 0 atom stereocenters. The minimum atomic E-state index is 0. The zero-order valence-electron chi connectivity index (χ0n) is 9.64. The van der Waals surface area contributed by atoms with Crippen LogP contribution in [0.15, 0.2) is 36.4 Å². The number of nitrogens with zero attached hydrogens (tertiary/aromatic N) is 1. The highest BCUT2D eigenvalue weighted by molar-refractivity contribution is 5.85. The number of piperidine rings is 1. The van der Waals surface area contributed by atoms with Crippen molar-refractivity contribution in [1.29, 1.82) is 0 Å². The van der Waals surface area contributed by atoms with Gasteiger partial charge >= 0.3 is 0 Å². The summed E-state index contributed by atoms with van der Waals surface area (Å²) in [5.41, 5.74) is 1.30. The van der Waals surface area contributed by atoms with E-state index in [4.69, 9.17) is 0 Å². The Hall–Kier alpha value is -0.790. The van der Waals surface area contributed by atoms with Gasteiger partial charge in [-0.2, -0.15) is 0 Å². The molecule has 0 aliphatic carbocycles. The van der Waals surface area contributed by atoms with Gasteiger partial charge in [-0.3, -0.25) is 4.90 Å². The van der Waals surface area contributed by atoms with Gasteiger partial charge in [-0.15, -0.1) is 12.4 Å². The lowest BCUT2D eigenvalue weighted by Gasteiger charge is -2.24. The molecule has 1 heterocycles. The Labute approximate surface area is 105 Å². The number of rotatable bonds is 3. The molecule has 0 bridgehead atoms. The predicted octanol–water partition coefficient (Wildman–Crippen LogP) is 3.61. The van der Waals surface area contributed by atoms with Gasteiger partial charge in [0, 0.05) is 6.54 Å². The summed E-state index contributed by atoms with van der Waals surface area (Å²) in [6.45, 7) is 3.66.